The zero-order valence-corrected chi connectivity index (χ0v) is 23.2. The van der Waals surface area contributed by atoms with Gasteiger partial charge in [-0.05, 0) is 84.0 Å². The first kappa shape index (κ1) is 27.1. The minimum Gasteiger partial charge on any atom is -0.403 e. The molecule has 2 aromatic carbocycles. The average Bonchev–Trinajstić information content (AvgIpc) is 3.05. The molecule has 1 aliphatic carbocycles. The normalized spacial score (nSPS) is 24.6. The van der Waals surface area contributed by atoms with Gasteiger partial charge in [-0.3, -0.25) is 0 Å². The summed E-state index contributed by atoms with van der Waals surface area (Å²) < 4.78 is 67.0. The Balaban J connectivity index is 1.75. The molecule has 1 saturated carbocycles. The van der Waals surface area contributed by atoms with Gasteiger partial charge in [-0.25, -0.2) is 16.8 Å². The third-order valence-corrected chi connectivity index (χ3v) is 13.9. The van der Waals surface area contributed by atoms with Crippen molar-refractivity contribution in [2.24, 2.45) is 5.92 Å². The standard InChI is InChI=1S/C27H35BO6S2/c1-6-21-19-27(35(29,30)23-13-9-7-10-14-23,36(31,32)24-15-11-8-12-16-24)18-17-22(21)20-28-33-25(2,3)26(4,5)34-28/h6-16,22H,17-20H2,1-5H3/b21-6+/t22-/m1/s1. The maximum Gasteiger partial charge on any atom is 0.458 e. The Hall–Kier alpha value is -1.94. The summed E-state index contributed by atoms with van der Waals surface area (Å²) in [5.74, 6) is -0.0465. The lowest BCUT2D eigenvalue weighted by atomic mass is 9.69. The maximum atomic E-state index is 14.2. The molecular weight excluding hydrogens is 495 g/mol. The average molecular weight is 531 g/mol. The number of sulfone groups is 2. The summed E-state index contributed by atoms with van der Waals surface area (Å²) in [4.78, 5) is 0.0359. The molecule has 1 atom stereocenters. The van der Waals surface area contributed by atoms with Crippen molar-refractivity contribution in [3.8, 4) is 0 Å². The molecule has 0 amide bonds. The van der Waals surface area contributed by atoms with Gasteiger partial charge in [0.1, 0.15) is 0 Å². The predicted octanol–water partition coefficient (Wildman–Crippen LogP) is 5.47. The molecule has 0 N–H and O–H groups in total. The van der Waals surface area contributed by atoms with E-state index < -0.39 is 42.1 Å². The van der Waals surface area contributed by atoms with Gasteiger partial charge in [0.2, 0.25) is 0 Å². The van der Waals surface area contributed by atoms with Crippen LogP contribution in [-0.2, 0) is 29.0 Å². The van der Waals surface area contributed by atoms with Gasteiger partial charge in [0.15, 0.2) is 23.8 Å². The number of hydrogen-bond donors (Lipinski definition) is 0. The second-order valence-electron chi connectivity index (χ2n) is 10.7. The molecule has 2 fully saturated rings. The van der Waals surface area contributed by atoms with E-state index in [0.29, 0.717) is 12.7 Å². The van der Waals surface area contributed by atoms with Crippen molar-refractivity contribution < 1.29 is 26.1 Å². The van der Waals surface area contributed by atoms with Crippen molar-refractivity contribution >= 4 is 26.8 Å². The van der Waals surface area contributed by atoms with Crippen LogP contribution in [0.2, 0.25) is 6.32 Å². The van der Waals surface area contributed by atoms with Gasteiger partial charge in [-0.2, -0.15) is 0 Å². The summed E-state index contributed by atoms with van der Waals surface area (Å²) in [6.07, 6.45) is 2.69. The van der Waals surface area contributed by atoms with E-state index >= 15 is 0 Å². The van der Waals surface area contributed by atoms with Gasteiger partial charge >= 0.3 is 7.12 Å². The summed E-state index contributed by atoms with van der Waals surface area (Å²) in [6.45, 7) is 9.82. The molecule has 0 unspecified atom stereocenters. The highest BCUT2D eigenvalue weighted by Gasteiger charge is 2.59. The van der Waals surface area contributed by atoms with Crippen LogP contribution < -0.4 is 0 Å². The Labute approximate surface area is 216 Å². The molecule has 4 rings (SSSR count). The van der Waals surface area contributed by atoms with Gasteiger partial charge in [0.25, 0.3) is 0 Å². The van der Waals surface area contributed by atoms with Crippen molar-refractivity contribution in [2.75, 3.05) is 0 Å². The Kier molecular flexibility index (Phi) is 7.10. The van der Waals surface area contributed by atoms with Crippen LogP contribution in [0.4, 0.5) is 0 Å². The topological polar surface area (TPSA) is 86.7 Å². The molecular formula is C27H35BO6S2. The summed E-state index contributed by atoms with van der Waals surface area (Å²) in [6, 6.07) is 15.8. The van der Waals surface area contributed by atoms with Crippen molar-refractivity contribution in [3.05, 3.63) is 72.3 Å². The highest BCUT2D eigenvalue weighted by atomic mass is 32.3. The molecule has 6 nitrogen and oxygen atoms in total. The Morgan fingerprint density at radius 2 is 1.28 bits per heavy atom. The largest absolute Gasteiger partial charge is 0.458 e. The Morgan fingerprint density at radius 1 is 0.833 bits per heavy atom. The SMILES string of the molecule is C/C=C1\CC(S(=O)(=O)c2ccccc2)(S(=O)(=O)c2ccccc2)CC[C@@H]1CB1OC(C)(C)C(C)(C)O1. The van der Waals surface area contributed by atoms with Crippen LogP contribution in [0.5, 0.6) is 0 Å². The van der Waals surface area contributed by atoms with E-state index in [9.17, 15) is 16.8 Å². The van der Waals surface area contributed by atoms with E-state index in [0.717, 1.165) is 5.57 Å². The second-order valence-corrected chi connectivity index (χ2v) is 15.5. The number of benzene rings is 2. The molecule has 0 radical (unpaired) electrons. The Morgan fingerprint density at radius 3 is 1.69 bits per heavy atom. The van der Waals surface area contributed by atoms with Gasteiger partial charge in [-0.15, -0.1) is 0 Å². The molecule has 36 heavy (non-hydrogen) atoms. The van der Waals surface area contributed by atoms with Crippen molar-refractivity contribution in [3.63, 3.8) is 0 Å². The smallest absolute Gasteiger partial charge is 0.403 e. The fourth-order valence-electron chi connectivity index (χ4n) is 5.26. The van der Waals surface area contributed by atoms with E-state index in [1.165, 1.54) is 24.3 Å². The van der Waals surface area contributed by atoms with E-state index in [-0.39, 0.29) is 28.6 Å². The van der Waals surface area contributed by atoms with Crippen LogP contribution in [-0.4, -0.2) is 39.2 Å². The lowest BCUT2D eigenvalue weighted by Gasteiger charge is -2.40. The number of allylic oxidation sites excluding steroid dienone is 2. The molecule has 1 saturated heterocycles. The lowest BCUT2D eigenvalue weighted by molar-refractivity contribution is 0.00578. The van der Waals surface area contributed by atoms with Crippen LogP contribution >= 0.6 is 0 Å². The van der Waals surface area contributed by atoms with E-state index in [2.05, 4.69) is 0 Å². The quantitative estimate of drug-likeness (QED) is 0.364. The lowest BCUT2D eigenvalue weighted by Crippen LogP contribution is -2.50. The van der Waals surface area contributed by atoms with Crippen LogP contribution in [0.3, 0.4) is 0 Å². The molecule has 2 aromatic rings. The molecule has 0 aromatic heterocycles. The van der Waals surface area contributed by atoms with Crippen LogP contribution in [0.15, 0.2) is 82.1 Å². The number of rotatable bonds is 6. The third-order valence-electron chi connectivity index (χ3n) is 8.11. The molecule has 9 heteroatoms. The summed E-state index contributed by atoms with van der Waals surface area (Å²) in [5, 5.41) is 0. The van der Waals surface area contributed by atoms with Crippen LogP contribution in [0.25, 0.3) is 0 Å². The van der Waals surface area contributed by atoms with Gasteiger partial charge in [0, 0.05) is 6.42 Å². The molecule has 0 bridgehead atoms. The second kappa shape index (κ2) is 9.42. The highest BCUT2D eigenvalue weighted by Crippen LogP contribution is 2.51. The van der Waals surface area contributed by atoms with E-state index in [1.807, 2.05) is 40.7 Å². The first-order chi connectivity index (χ1) is 16.8. The third kappa shape index (κ3) is 4.38. The minimum absolute atomic E-state index is 0.0109. The number of hydrogen-bond acceptors (Lipinski definition) is 6. The maximum absolute atomic E-state index is 14.2. The minimum atomic E-state index is -4.25. The van der Waals surface area contributed by atoms with Crippen molar-refractivity contribution in [1.29, 1.82) is 0 Å². The van der Waals surface area contributed by atoms with Crippen LogP contribution in [0.1, 0.15) is 53.9 Å². The summed E-state index contributed by atoms with van der Waals surface area (Å²) in [7, 11) is -8.95. The highest BCUT2D eigenvalue weighted by molar-refractivity contribution is 8.10. The van der Waals surface area contributed by atoms with Gasteiger partial charge < -0.3 is 9.31 Å². The molecule has 194 valence electrons. The van der Waals surface area contributed by atoms with Crippen LogP contribution in [0, 0.1) is 5.92 Å². The summed E-state index contributed by atoms with van der Waals surface area (Å²) in [5.41, 5.74) is -0.145. The monoisotopic (exact) mass is 530 g/mol. The fraction of sp³-hybridized carbons (Fsp3) is 0.481. The van der Waals surface area contributed by atoms with Crippen molar-refractivity contribution in [1.82, 2.24) is 0 Å². The fourth-order valence-corrected chi connectivity index (χ4v) is 10.4. The van der Waals surface area contributed by atoms with Gasteiger partial charge in [0.05, 0.1) is 21.0 Å². The van der Waals surface area contributed by atoms with E-state index in [4.69, 9.17) is 9.31 Å². The molecule has 0 spiro atoms. The zero-order valence-electron chi connectivity index (χ0n) is 21.6. The zero-order chi connectivity index (χ0) is 26.4. The summed E-state index contributed by atoms with van der Waals surface area (Å²) >= 11 is 0. The van der Waals surface area contributed by atoms with Crippen molar-refractivity contribution in [2.45, 2.75) is 85.3 Å². The first-order valence-corrected chi connectivity index (χ1v) is 15.3. The molecule has 1 heterocycles. The molecule has 2 aliphatic rings. The van der Waals surface area contributed by atoms with Gasteiger partial charge in [-0.1, -0.05) is 48.0 Å². The first-order valence-electron chi connectivity index (χ1n) is 12.4. The predicted molar refractivity (Wildman–Crippen MR) is 142 cm³/mol. The Bertz CT molecular complexity index is 1250. The molecule has 1 aliphatic heterocycles. The van der Waals surface area contributed by atoms with E-state index in [1.54, 1.807) is 36.4 Å².